The van der Waals surface area contributed by atoms with Crippen LogP contribution < -0.4 is 0 Å². The number of carbonyl (C=O) groups is 1. The minimum Gasteiger partial charge on any atom is -0.461 e. The Kier molecular flexibility index (Phi) is 4.86. The molecule has 1 atom stereocenters. The van der Waals surface area contributed by atoms with E-state index in [4.69, 9.17) is 4.42 Å². The van der Waals surface area contributed by atoms with E-state index in [0.717, 1.165) is 70.1 Å². The van der Waals surface area contributed by atoms with E-state index in [1.54, 1.807) is 0 Å². The van der Waals surface area contributed by atoms with Crippen LogP contribution in [0.5, 0.6) is 0 Å². The van der Waals surface area contributed by atoms with Gasteiger partial charge in [-0.05, 0) is 12.6 Å². The van der Waals surface area contributed by atoms with Crippen LogP contribution in [0, 0.1) is 0 Å². The number of likely N-dealkylation sites (N-methyl/N-ethyl adjacent to an activating group) is 1. The molecule has 5 heteroatoms. The number of aldehydes is 1. The molecule has 2 aliphatic rings. The minimum absolute atomic E-state index is 0.363. The topological polar surface area (TPSA) is 39.9 Å². The van der Waals surface area contributed by atoms with Crippen LogP contribution in [0.25, 0.3) is 11.0 Å². The first-order valence-electron chi connectivity index (χ1n) is 9.84. The van der Waals surface area contributed by atoms with Crippen molar-refractivity contribution in [2.75, 3.05) is 45.8 Å². The second-order valence-corrected chi connectivity index (χ2v) is 7.64. The van der Waals surface area contributed by atoms with Crippen LogP contribution in [-0.4, -0.2) is 72.3 Å². The number of hydrogen-bond donors (Lipinski definition) is 0. The summed E-state index contributed by atoms with van der Waals surface area (Å²) in [5.74, 6) is 1.08. The summed E-state index contributed by atoms with van der Waals surface area (Å²) in [7, 11) is 0. The van der Waals surface area contributed by atoms with Crippen molar-refractivity contribution in [3.05, 3.63) is 35.6 Å². The molecule has 1 aromatic heterocycles. The van der Waals surface area contributed by atoms with Crippen molar-refractivity contribution in [2.24, 2.45) is 0 Å². The van der Waals surface area contributed by atoms with Gasteiger partial charge in [-0.3, -0.25) is 14.7 Å². The number of benzene rings is 1. The molecule has 2 fully saturated rings. The van der Waals surface area contributed by atoms with Crippen LogP contribution in [0.3, 0.4) is 0 Å². The number of para-hydroxylation sites is 1. The molecule has 140 valence electrons. The van der Waals surface area contributed by atoms with Crippen molar-refractivity contribution in [1.29, 1.82) is 0 Å². The smallest absolute Gasteiger partial charge is 0.142 e. The lowest BCUT2D eigenvalue weighted by Crippen LogP contribution is -2.71. The minimum atomic E-state index is -0.363. The Balaban J connectivity index is 1.59. The predicted octanol–water partition coefficient (Wildman–Crippen LogP) is 2.39. The molecule has 4 rings (SSSR count). The average molecular weight is 355 g/mol. The fraction of sp³-hybridized carbons (Fsp3) is 0.571. The molecule has 2 aromatic rings. The van der Waals surface area contributed by atoms with Gasteiger partial charge in [-0.2, -0.15) is 0 Å². The van der Waals surface area contributed by atoms with Crippen LogP contribution in [0.2, 0.25) is 0 Å². The van der Waals surface area contributed by atoms with Crippen molar-refractivity contribution < 1.29 is 9.21 Å². The van der Waals surface area contributed by atoms with Crippen LogP contribution in [0.15, 0.2) is 28.7 Å². The predicted molar refractivity (Wildman–Crippen MR) is 103 cm³/mol. The maximum Gasteiger partial charge on any atom is 0.142 e. The van der Waals surface area contributed by atoms with E-state index in [0.29, 0.717) is 0 Å². The Hall–Kier alpha value is -1.69. The number of carbonyl (C=O) groups excluding carboxylic acids is 1. The number of nitrogens with zero attached hydrogens (tertiary/aromatic N) is 3. The van der Waals surface area contributed by atoms with E-state index < -0.39 is 0 Å². The Morgan fingerprint density at radius 3 is 2.54 bits per heavy atom. The first kappa shape index (κ1) is 17.7. The van der Waals surface area contributed by atoms with Gasteiger partial charge in [-0.25, -0.2) is 0 Å². The quantitative estimate of drug-likeness (QED) is 0.770. The van der Waals surface area contributed by atoms with Gasteiger partial charge in [0, 0.05) is 63.2 Å². The Morgan fingerprint density at radius 1 is 1.08 bits per heavy atom. The van der Waals surface area contributed by atoms with E-state index >= 15 is 0 Å². The zero-order valence-electron chi connectivity index (χ0n) is 15.9. The van der Waals surface area contributed by atoms with Gasteiger partial charge in [-0.15, -0.1) is 0 Å². The highest BCUT2D eigenvalue weighted by Crippen LogP contribution is 2.30. The highest BCUT2D eigenvalue weighted by atomic mass is 16.3. The van der Waals surface area contributed by atoms with E-state index in [2.05, 4.69) is 40.7 Å². The number of piperazine rings is 2. The molecule has 26 heavy (non-hydrogen) atoms. The number of aryl methyl sites for hydroxylation is 1. The molecule has 0 saturated carbocycles. The summed E-state index contributed by atoms with van der Waals surface area (Å²) in [6.45, 7) is 11.9. The fourth-order valence-electron chi connectivity index (χ4n) is 4.65. The van der Waals surface area contributed by atoms with Crippen molar-refractivity contribution in [3.8, 4) is 0 Å². The van der Waals surface area contributed by atoms with Crippen molar-refractivity contribution in [3.63, 3.8) is 0 Å². The zero-order valence-corrected chi connectivity index (χ0v) is 15.9. The van der Waals surface area contributed by atoms with Gasteiger partial charge < -0.3 is 9.21 Å². The van der Waals surface area contributed by atoms with Gasteiger partial charge >= 0.3 is 0 Å². The Labute approximate surface area is 155 Å². The lowest BCUT2D eigenvalue weighted by molar-refractivity contribution is -0.130. The van der Waals surface area contributed by atoms with Crippen molar-refractivity contribution in [2.45, 2.75) is 32.4 Å². The van der Waals surface area contributed by atoms with Gasteiger partial charge in [-0.1, -0.05) is 32.0 Å². The molecular weight excluding hydrogens is 326 g/mol. The number of furan rings is 1. The van der Waals surface area contributed by atoms with Gasteiger partial charge in [0.25, 0.3) is 0 Å². The van der Waals surface area contributed by atoms with E-state index in [1.165, 1.54) is 17.2 Å². The summed E-state index contributed by atoms with van der Waals surface area (Å²) in [5.41, 5.74) is 1.90. The first-order valence-corrected chi connectivity index (χ1v) is 9.84. The molecule has 0 radical (unpaired) electrons. The lowest BCUT2D eigenvalue weighted by Gasteiger charge is -2.53. The summed E-state index contributed by atoms with van der Waals surface area (Å²) >= 11 is 0. The SMILES string of the molecule is CCc1oc2ccccc2c1CN1CCN2CCN(CC)CC2(C=O)C1. The maximum atomic E-state index is 12.1. The second kappa shape index (κ2) is 7.14. The largest absolute Gasteiger partial charge is 0.461 e. The highest BCUT2D eigenvalue weighted by molar-refractivity contribution is 5.82. The Bertz CT molecular complexity index is 787. The van der Waals surface area contributed by atoms with Crippen molar-refractivity contribution in [1.82, 2.24) is 14.7 Å². The molecule has 1 aromatic carbocycles. The van der Waals surface area contributed by atoms with Crippen molar-refractivity contribution >= 4 is 17.3 Å². The third-order valence-electron chi connectivity index (χ3n) is 6.15. The highest BCUT2D eigenvalue weighted by Gasteiger charge is 2.45. The normalized spacial score (nSPS) is 25.5. The molecule has 0 amide bonds. The summed E-state index contributed by atoms with van der Waals surface area (Å²) in [5, 5.41) is 1.21. The maximum absolute atomic E-state index is 12.1. The van der Waals surface area contributed by atoms with Crippen LogP contribution in [0.4, 0.5) is 0 Å². The fourth-order valence-corrected chi connectivity index (χ4v) is 4.65. The molecule has 2 aliphatic heterocycles. The standard InChI is InChI=1S/C21H29N3O2/c1-3-19-18(17-7-5-6-8-20(17)26-19)13-23-10-12-24-11-9-22(4-2)14-21(24,15-23)16-25/h5-8,16H,3-4,9-15H2,1-2H3. The van der Waals surface area contributed by atoms with Crippen LogP contribution in [-0.2, 0) is 17.8 Å². The monoisotopic (exact) mass is 355 g/mol. The summed E-state index contributed by atoms with van der Waals surface area (Å²) < 4.78 is 6.07. The molecule has 3 heterocycles. The second-order valence-electron chi connectivity index (χ2n) is 7.64. The summed E-state index contributed by atoms with van der Waals surface area (Å²) in [6.07, 6.45) is 2.10. The molecule has 0 bridgehead atoms. The third kappa shape index (κ3) is 2.98. The van der Waals surface area contributed by atoms with E-state index in [1.807, 2.05) is 12.1 Å². The van der Waals surface area contributed by atoms with Gasteiger partial charge in [0.1, 0.15) is 23.2 Å². The van der Waals surface area contributed by atoms with E-state index in [9.17, 15) is 4.79 Å². The lowest BCUT2D eigenvalue weighted by atomic mass is 9.91. The molecule has 1 unspecified atom stereocenters. The molecule has 0 aliphatic carbocycles. The van der Waals surface area contributed by atoms with Crippen LogP contribution in [0.1, 0.15) is 25.2 Å². The van der Waals surface area contributed by atoms with E-state index in [-0.39, 0.29) is 5.54 Å². The van der Waals surface area contributed by atoms with Gasteiger partial charge in [0.05, 0.1) is 0 Å². The van der Waals surface area contributed by atoms with Crippen LogP contribution >= 0.6 is 0 Å². The first-order chi connectivity index (χ1) is 12.7. The Morgan fingerprint density at radius 2 is 1.81 bits per heavy atom. The average Bonchev–Trinajstić information content (AvgIpc) is 3.05. The summed E-state index contributed by atoms with van der Waals surface area (Å²) in [4.78, 5) is 19.4. The summed E-state index contributed by atoms with van der Waals surface area (Å²) in [6, 6.07) is 8.30. The molecular formula is C21H29N3O2. The third-order valence-corrected chi connectivity index (χ3v) is 6.15. The van der Waals surface area contributed by atoms with Gasteiger partial charge in [0.2, 0.25) is 0 Å². The zero-order chi connectivity index (χ0) is 18.1. The molecule has 0 spiro atoms. The number of rotatable bonds is 5. The molecule has 2 saturated heterocycles. The number of fused-ring (bicyclic) bond motifs is 2. The number of hydrogen-bond acceptors (Lipinski definition) is 5. The van der Waals surface area contributed by atoms with Gasteiger partial charge in [0.15, 0.2) is 0 Å². The molecule has 5 nitrogen and oxygen atoms in total. The molecule has 0 N–H and O–H groups in total.